The summed E-state index contributed by atoms with van der Waals surface area (Å²) in [6, 6.07) is 2.04. The molecule has 1 rings (SSSR count). The van der Waals surface area contributed by atoms with Crippen molar-refractivity contribution in [3.05, 3.63) is 28.3 Å². The fourth-order valence-electron chi connectivity index (χ4n) is 1.76. The van der Waals surface area contributed by atoms with Crippen molar-refractivity contribution in [2.24, 2.45) is 0 Å². The maximum Gasteiger partial charge on any atom is 0.125 e. The predicted molar refractivity (Wildman–Crippen MR) is 53.1 cm³/mol. The molecule has 0 bridgehead atoms. The van der Waals surface area contributed by atoms with Crippen LogP contribution < -0.4 is 4.74 Å². The van der Waals surface area contributed by atoms with Gasteiger partial charge in [0.15, 0.2) is 0 Å². The van der Waals surface area contributed by atoms with Crippen LogP contribution in [0.1, 0.15) is 22.3 Å². The van der Waals surface area contributed by atoms with Crippen LogP contribution in [0.2, 0.25) is 0 Å². The van der Waals surface area contributed by atoms with Crippen LogP contribution >= 0.6 is 0 Å². The SMILES string of the molecule is COc1c(C)cc(C)c(CO)c1C. The van der Waals surface area contributed by atoms with Gasteiger partial charge in [-0.25, -0.2) is 0 Å². The van der Waals surface area contributed by atoms with E-state index in [0.717, 1.165) is 28.0 Å². The molecular weight excluding hydrogens is 164 g/mol. The molecule has 0 amide bonds. The van der Waals surface area contributed by atoms with Gasteiger partial charge in [-0.2, -0.15) is 0 Å². The summed E-state index contributed by atoms with van der Waals surface area (Å²) in [6.45, 7) is 6.07. The number of hydrogen-bond acceptors (Lipinski definition) is 2. The molecule has 0 saturated heterocycles. The molecule has 0 saturated carbocycles. The lowest BCUT2D eigenvalue weighted by atomic mass is 9.99. The molecule has 2 nitrogen and oxygen atoms in total. The van der Waals surface area contributed by atoms with E-state index >= 15 is 0 Å². The summed E-state index contributed by atoms with van der Waals surface area (Å²) in [5.41, 5.74) is 4.26. The van der Waals surface area contributed by atoms with Gasteiger partial charge in [0, 0.05) is 0 Å². The van der Waals surface area contributed by atoms with Crippen LogP contribution in [-0.2, 0) is 6.61 Å². The van der Waals surface area contributed by atoms with Crippen LogP contribution in [0.5, 0.6) is 5.75 Å². The van der Waals surface area contributed by atoms with Crippen molar-refractivity contribution in [2.75, 3.05) is 7.11 Å². The third-order valence-electron chi connectivity index (χ3n) is 2.42. The highest BCUT2D eigenvalue weighted by atomic mass is 16.5. The molecule has 0 atom stereocenters. The maximum atomic E-state index is 9.15. The van der Waals surface area contributed by atoms with Gasteiger partial charge in [-0.1, -0.05) is 6.07 Å². The van der Waals surface area contributed by atoms with E-state index in [1.165, 1.54) is 0 Å². The molecule has 0 fully saturated rings. The minimum Gasteiger partial charge on any atom is -0.496 e. The van der Waals surface area contributed by atoms with Crippen LogP contribution in [0.3, 0.4) is 0 Å². The number of methoxy groups -OCH3 is 1. The second kappa shape index (κ2) is 3.79. The first-order valence-corrected chi connectivity index (χ1v) is 4.36. The molecule has 1 aromatic carbocycles. The lowest BCUT2D eigenvalue weighted by Crippen LogP contribution is -1.99. The summed E-state index contributed by atoms with van der Waals surface area (Å²) >= 11 is 0. The number of benzene rings is 1. The van der Waals surface area contributed by atoms with Crippen LogP contribution in [0.15, 0.2) is 6.07 Å². The summed E-state index contributed by atoms with van der Waals surface area (Å²) in [7, 11) is 1.66. The van der Waals surface area contributed by atoms with E-state index in [1.54, 1.807) is 7.11 Å². The molecule has 2 heteroatoms. The van der Waals surface area contributed by atoms with E-state index in [0.29, 0.717) is 0 Å². The van der Waals surface area contributed by atoms with Crippen molar-refractivity contribution in [3.63, 3.8) is 0 Å². The summed E-state index contributed by atoms with van der Waals surface area (Å²) in [5.74, 6) is 0.884. The van der Waals surface area contributed by atoms with Crippen molar-refractivity contribution >= 4 is 0 Å². The molecule has 1 aromatic rings. The highest BCUT2D eigenvalue weighted by molar-refractivity contribution is 5.48. The fraction of sp³-hybridized carbons (Fsp3) is 0.455. The minimum atomic E-state index is 0.0777. The monoisotopic (exact) mass is 180 g/mol. The van der Waals surface area contributed by atoms with Gasteiger partial charge >= 0.3 is 0 Å². The largest absolute Gasteiger partial charge is 0.496 e. The molecule has 0 aliphatic heterocycles. The Hall–Kier alpha value is -1.02. The fourth-order valence-corrected chi connectivity index (χ4v) is 1.76. The van der Waals surface area contributed by atoms with Crippen molar-refractivity contribution in [3.8, 4) is 5.75 Å². The Labute approximate surface area is 79.2 Å². The van der Waals surface area contributed by atoms with Gasteiger partial charge in [0.05, 0.1) is 13.7 Å². The molecule has 72 valence electrons. The van der Waals surface area contributed by atoms with Gasteiger partial charge in [0.25, 0.3) is 0 Å². The molecule has 0 unspecified atom stereocenters. The van der Waals surface area contributed by atoms with Gasteiger partial charge in [0.2, 0.25) is 0 Å². The average molecular weight is 180 g/mol. The number of aliphatic hydroxyl groups excluding tert-OH is 1. The molecule has 0 radical (unpaired) electrons. The molecule has 0 aliphatic rings. The second-order valence-electron chi connectivity index (χ2n) is 3.31. The molecule has 0 aliphatic carbocycles. The van der Waals surface area contributed by atoms with Crippen LogP contribution in [0.25, 0.3) is 0 Å². The standard InChI is InChI=1S/C11H16O2/c1-7-5-8(2)11(13-4)9(3)10(7)6-12/h5,12H,6H2,1-4H3. The van der Waals surface area contributed by atoms with Crippen LogP contribution in [0, 0.1) is 20.8 Å². The Bertz CT molecular complexity index is 288. The highest BCUT2D eigenvalue weighted by Crippen LogP contribution is 2.28. The van der Waals surface area contributed by atoms with Gasteiger partial charge in [-0.15, -0.1) is 0 Å². The Kier molecular flexibility index (Phi) is 2.94. The number of ether oxygens (including phenoxy) is 1. The predicted octanol–water partition coefficient (Wildman–Crippen LogP) is 2.11. The number of aliphatic hydroxyl groups is 1. The Morgan fingerprint density at radius 2 is 1.85 bits per heavy atom. The van der Waals surface area contributed by atoms with Gasteiger partial charge in [-0.3, -0.25) is 0 Å². The van der Waals surface area contributed by atoms with Crippen molar-refractivity contribution < 1.29 is 9.84 Å². The zero-order valence-corrected chi connectivity index (χ0v) is 8.64. The van der Waals surface area contributed by atoms with Crippen molar-refractivity contribution in [1.29, 1.82) is 0 Å². The van der Waals surface area contributed by atoms with Gasteiger partial charge in [-0.05, 0) is 43.0 Å². The van der Waals surface area contributed by atoms with Crippen molar-refractivity contribution in [2.45, 2.75) is 27.4 Å². The van der Waals surface area contributed by atoms with E-state index in [9.17, 15) is 0 Å². The first kappa shape index (κ1) is 10.1. The molecule has 0 aromatic heterocycles. The number of hydrogen-bond donors (Lipinski definition) is 1. The zero-order valence-electron chi connectivity index (χ0n) is 8.64. The van der Waals surface area contributed by atoms with Gasteiger partial charge in [0.1, 0.15) is 5.75 Å². The minimum absolute atomic E-state index is 0.0777. The second-order valence-corrected chi connectivity index (χ2v) is 3.31. The summed E-state index contributed by atoms with van der Waals surface area (Å²) in [4.78, 5) is 0. The van der Waals surface area contributed by atoms with E-state index in [2.05, 4.69) is 0 Å². The number of aryl methyl sites for hydroxylation is 2. The third kappa shape index (κ3) is 1.68. The summed E-state index contributed by atoms with van der Waals surface area (Å²) in [5, 5.41) is 9.15. The van der Waals surface area contributed by atoms with E-state index in [-0.39, 0.29) is 6.61 Å². The Morgan fingerprint density at radius 3 is 2.31 bits per heavy atom. The quantitative estimate of drug-likeness (QED) is 0.755. The maximum absolute atomic E-state index is 9.15. The highest BCUT2D eigenvalue weighted by Gasteiger charge is 2.09. The molecule has 13 heavy (non-hydrogen) atoms. The first-order chi connectivity index (χ1) is 6.11. The molecular formula is C11H16O2. The smallest absolute Gasteiger partial charge is 0.125 e. The van der Waals surface area contributed by atoms with E-state index in [1.807, 2.05) is 26.8 Å². The average Bonchev–Trinajstić information content (AvgIpc) is 2.04. The lowest BCUT2D eigenvalue weighted by molar-refractivity contribution is 0.279. The number of rotatable bonds is 2. The van der Waals surface area contributed by atoms with Gasteiger partial charge < -0.3 is 9.84 Å². The molecule has 0 heterocycles. The van der Waals surface area contributed by atoms with E-state index < -0.39 is 0 Å². The Morgan fingerprint density at radius 1 is 1.23 bits per heavy atom. The molecule has 0 spiro atoms. The molecule has 1 N–H and O–H groups in total. The van der Waals surface area contributed by atoms with Crippen LogP contribution in [0.4, 0.5) is 0 Å². The third-order valence-corrected chi connectivity index (χ3v) is 2.42. The van der Waals surface area contributed by atoms with Crippen LogP contribution in [-0.4, -0.2) is 12.2 Å². The van der Waals surface area contributed by atoms with Crippen molar-refractivity contribution in [1.82, 2.24) is 0 Å². The lowest BCUT2D eigenvalue weighted by Gasteiger charge is -2.14. The normalized spacial score (nSPS) is 10.2. The topological polar surface area (TPSA) is 29.5 Å². The Balaban J connectivity index is 3.39. The van der Waals surface area contributed by atoms with E-state index in [4.69, 9.17) is 9.84 Å². The summed E-state index contributed by atoms with van der Waals surface area (Å²) < 4.78 is 5.26. The summed E-state index contributed by atoms with van der Waals surface area (Å²) in [6.07, 6.45) is 0. The first-order valence-electron chi connectivity index (χ1n) is 4.36. The zero-order chi connectivity index (χ0) is 10.0.